The number of anilines is 3. The van der Waals surface area contributed by atoms with Crippen LogP contribution in [0.4, 0.5) is 17.3 Å². The molecule has 0 atom stereocenters. The first-order valence-electron chi connectivity index (χ1n) is 11.5. The van der Waals surface area contributed by atoms with Crippen molar-refractivity contribution < 1.29 is 5.11 Å². The number of piperazine rings is 1. The summed E-state index contributed by atoms with van der Waals surface area (Å²) >= 11 is 0. The van der Waals surface area contributed by atoms with Gasteiger partial charge in [-0.3, -0.25) is 4.90 Å². The Morgan fingerprint density at radius 1 is 0.968 bits per heavy atom. The van der Waals surface area contributed by atoms with Crippen molar-refractivity contribution in [2.75, 3.05) is 49.5 Å². The molecule has 2 aromatic heterocycles. The van der Waals surface area contributed by atoms with Gasteiger partial charge in [-0.05, 0) is 37.1 Å². The molecule has 2 fully saturated rings. The highest BCUT2D eigenvalue weighted by atomic mass is 16.3. The van der Waals surface area contributed by atoms with Crippen LogP contribution in [-0.4, -0.2) is 69.1 Å². The average molecular weight is 422 g/mol. The van der Waals surface area contributed by atoms with Gasteiger partial charge in [0.1, 0.15) is 0 Å². The average Bonchev–Trinajstić information content (AvgIpc) is 3.24. The maximum absolute atomic E-state index is 9.10. The lowest BCUT2D eigenvalue weighted by molar-refractivity contribution is 0.189. The summed E-state index contributed by atoms with van der Waals surface area (Å²) in [5.74, 6) is 0.607. The standard InChI is InChI=1S/C23H31N7O/c31-15-14-28-10-12-29(13-11-28)20-8-6-19(7-9-20)26-23-24-16-18-17-25-30(22(18)27-23)21-4-2-1-3-5-21/h6-9,16-17,21,31H,1-5,10-15H2,(H,24,26,27). The number of hydrogen-bond donors (Lipinski definition) is 2. The van der Waals surface area contributed by atoms with E-state index in [-0.39, 0.29) is 6.61 Å². The lowest BCUT2D eigenvalue weighted by atomic mass is 9.96. The number of aliphatic hydroxyl groups is 1. The topological polar surface area (TPSA) is 82.3 Å². The molecule has 1 aliphatic carbocycles. The Morgan fingerprint density at radius 2 is 1.74 bits per heavy atom. The normalized spacial score (nSPS) is 18.5. The minimum absolute atomic E-state index is 0.232. The number of aliphatic hydroxyl groups excluding tert-OH is 1. The van der Waals surface area contributed by atoms with Crippen LogP contribution in [0, 0.1) is 0 Å². The zero-order chi connectivity index (χ0) is 21.0. The van der Waals surface area contributed by atoms with E-state index in [0.717, 1.165) is 49.4 Å². The molecule has 8 nitrogen and oxygen atoms in total. The Balaban J connectivity index is 1.26. The Labute approximate surface area is 182 Å². The van der Waals surface area contributed by atoms with E-state index in [4.69, 9.17) is 10.1 Å². The third kappa shape index (κ3) is 4.50. The smallest absolute Gasteiger partial charge is 0.229 e. The van der Waals surface area contributed by atoms with E-state index in [1.54, 1.807) is 0 Å². The summed E-state index contributed by atoms with van der Waals surface area (Å²) in [7, 11) is 0. The van der Waals surface area contributed by atoms with E-state index in [1.807, 2.05) is 12.4 Å². The first-order chi connectivity index (χ1) is 15.3. The summed E-state index contributed by atoms with van der Waals surface area (Å²) in [5, 5.41) is 18.1. The van der Waals surface area contributed by atoms with Gasteiger partial charge in [0, 0.05) is 50.3 Å². The number of hydrogen-bond acceptors (Lipinski definition) is 7. The molecule has 0 unspecified atom stereocenters. The first-order valence-corrected chi connectivity index (χ1v) is 11.5. The molecule has 1 aliphatic heterocycles. The van der Waals surface area contributed by atoms with Crippen LogP contribution in [0.5, 0.6) is 0 Å². The molecular weight excluding hydrogens is 390 g/mol. The summed E-state index contributed by atoms with van der Waals surface area (Å²) in [6.45, 7) is 4.94. The monoisotopic (exact) mass is 421 g/mol. The fourth-order valence-corrected chi connectivity index (χ4v) is 4.74. The molecule has 3 aromatic rings. The second-order valence-corrected chi connectivity index (χ2v) is 8.58. The lowest BCUT2D eigenvalue weighted by Gasteiger charge is -2.35. The Bertz CT molecular complexity index is 989. The van der Waals surface area contributed by atoms with Gasteiger partial charge in [-0.2, -0.15) is 10.1 Å². The van der Waals surface area contributed by atoms with E-state index in [2.05, 4.69) is 54.1 Å². The molecular formula is C23H31N7O. The maximum Gasteiger partial charge on any atom is 0.229 e. The number of rotatable bonds is 6. The maximum atomic E-state index is 9.10. The highest BCUT2D eigenvalue weighted by Crippen LogP contribution is 2.30. The summed E-state index contributed by atoms with van der Waals surface area (Å²) in [6.07, 6.45) is 9.96. The number of β-amino-alcohol motifs (C(OH)–C–C–N with tert-alkyl or cyclic N) is 1. The van der Waals surface area contributed by atoms with Crippen molar-refractivity contribution in [3.8, 4) is 0 Å². The molecule has 1 saturated carbocycles. The van der Waals surface area contributed by atoms with Crippen molar-refractivity contribution in [2.24, 2.45) is 0 Å². The van der Waals surface area contributed by atoms with Crippen LogP contribution in [-0.2, 0) is 0 Å². The fraction of sp³-hybridized carbons (Fsp3) is 0.522. The molecule has 5 rings (SSSR count). The number of aromatic nitrogens is 4. The van der Waals surface area contributed by atoms with Gasteiger partial charge >= 0.3 is 0 Å². The van der Waals surface area contributed by atoms with Gasteiger partial charge < -0.3 is 15.3 Å². The largest absolute Gasteiger partial charge is 0.395 e. The van der Waals surface area contributed by atoms with Gasteiger partial charge in [-0.15, -0.1) is 0 Å². The van der Waals surface area contributed by atoms with Crippen molar-refractivity contribution in [1.29, 1.82) is 0 Å². The van der Waals surface area contributed by atoms with Crippen LogP contribution in [0.15, 0.2) is 36.7 Å². The Kier molecular flexibility index (Phi) is 5.99. The molecule has 164 valence electrons. The molecule has 0 radical (unpaired) electrons. The van der Waals surface area contributed by atoms with Crippen LogP contribution < -0.4 is 10.2 Å². The predicted molar refractivity (Wildman–Crippen MR) is 123 cm³/mol. The van der Waals surface area contributed by atoms with Gasteiger partial charge in [0.05, 0.1) is 24.2 Å². The van der Waals surface area contributed by atoms with Crippen LogP contribution >= 0.6 is 0 Å². The number of nitrogens with zero attached hydrogens (tertiary/aromatic N) is 6. The first kappa shape index (κ1) is 20.2. The van der Waals surface area contributed by atoms with Crippen molar-refractivity contribution >= 4 is 28.4 Å². The second kappa shape index (κ2) is 9.20. The minimum Gasteiger partial charge on any atom is -0.395 e. The predicted octanol–water partition coefficient (Wildman–Crippen LogP) is 3.19. The van der Waals surface area contributed by atoms with E-state index in [0.29, 0.717) is 12.0 Å². The zero-order valence-electron chi connectivity index (χ0n) is 18.0. The molecule has 1 aromatic carbocycles. The Hall–Kier alpha value is -2.71. The van der Waals surface area contributed by atoms with E-state index in [9.17, 15) is 0 Å². The molecule has 31 heavy (non-hydrogen) atoms. The minimum atomic E-state index is 0.232. The van der Waals surface area contributed by atoms with E-state index < -0.39 is 0 Å². The molecule has 2 aliphatic rings. The summed E-state index contributed by atoms with van der Waals surface area (Å²) < 4.78 is 2.10. The SMILES string of the molecule is OCCN1CCN(c2ccc(Nc3ncc4cnn(C5CCCCC5)c4n3)cc2)CC1. The molecule has 0 bridgehead atoms. The lowest BCUT2D eigenvalue weighted by Crippen LogP contribution is -2.47. The van der Waals surface area contributed by atoms with Crippen LogP contribution in [0.1, 0.15) is 38.1 Å². The van der Waals surface area contributed by atoms with E-state index >= 15 is 0 Å². The van der Waals surface area contributed by atoms with Crippen molar-refractivity contribution in [3.63, 3.8) is 0 Å². The molecule has 0 spiro atoms. The molecule has 1 saturated heterocycles. The summed E-state index contributed by atoms with van der Waals surface area (Å²) in [4.78, 5) is 14.0. The summed E-state index contributed by atoms with van der Waals surface area (Å²) in [6, 6.07) is 8.91. The van der Waals surface area contributed by atoms with Crippen LogP contribution in [0.3, 0.4) is 0 Å². The molecule has 3 heterocycles. The molecule has 0 amide bonds. The van der Waals surface area contributed by atoms with Gasteiger partial charge in [0.2, 0.25) is 5.95 Å². The van der Waals surface area contributed by atoms with Gasteiger partial charge in [-0.1, -0.05) is 19.3 Å². The number of nitrogens with one attached hydrogen (secondary N) is 1. The third-order valence-corrected chi connectivity index (χ3v) is 6.53. The van der Waals surface area contributed by atoms with Gasteiger partial charge in [-0.25, -0.2) is 9.67 Å². The van der Waals surface area contributed by atoms with Crippen molar-refractivity contribution in [3.05, 3.63) is 36.7 Å². The molecule has 8 heteroatoms. The Morgan fingerprint density at radius 3 is 2.48 bits per heavy atom. The quantitative estimate of drug-likeness (QED) is 0.632. The van der Waals surface area contributed by atoms with Gasteiger partial charge in [0.15, 0.2) is 5.65 Å². The second-order valence-electron chi connectivity index (χ2n) is 8.58. The third-order valence-electron chi connectivity index (χ3n) is 6.53. The highest BCUT2D eigenvalue weighted by Gasteiger charge is 2.19. The van der Waals surface area contributed by atoms with Crippen molar-refractivity contribution in [1.82, 2.24) is 24.6 Å². The highest BCUT2D eigenvalue weighted by molar-refractivity contribution is 5.75. The molecule has 2 N–H and O–H groups in total. The summed E-state index contributed by atoms with van der Waals surface area (Å²) in [5.41, 5.74) is 3.12. The fourth-order valence-electron chi connectivity index (χ4n) is 4.74. The number of fused-ring (bicyclic) bond motifs is 1. The van der Waals surface area contributed by atoms with Crippen molar-refractivity contribution in [2.45, 2.75) is 38.1 Å². The van der Waals surface area contributed by atoms with Crippen LogP contribution in [0.2, 0.25) is 0 Å². The zero-order valence-corrected chi connectivity index (χ0v) is 18.0. The van der Waals surface area contributed by atoms with Crippen LogP contribution in [0.25, 0.3) is 11.0 Å². The number of benzene rings is 1. The van der Waals surface area contributed by atoms with Gasteiger partial charge in [0.25, 0.3) is 0 Å². The van der Waals surface area contributed by atoms with E-state index in [1.165, 1.54) is 37.8 Å².